The van der Waals surface area contributed by atoms with Gasteiger partial charge in [-0.05, 0) is 58.7 Å². The van der Waals surface area contributed by atoms with Gasteiger partial charge < -0.3 is 4.74 Å². The lowest BCUT2D eigenvalue weighted by molar-refractivity contribution is 0.219. The van der Waals surface area contributed by atoms with Crippen molar-refractivity contribution in [2.75, 3.05) is 6.61 Å². The Morgan fingerprint density at radius 1 is 1.47 bits per heavy atom. The third-order valence-corrected chi connectivity index (χ3v) is 4.35. The molecule has 1 aliphatic heterocycles. The molecular formula is C12H14ClIN2O. The van der Waals surface area contributed by atoms with Crippen molar-refractivity contribution in [2.24, 2.45) is 5.84 Å². The summed E-state index contributed by atoms with van der Waals surface area (Å²) in [5.41, 5.74) is 5.05. The average Bonchev–Trinajstić information content (AvgIpc) is 2.36. The van der Waals surface area contributed by atoms with E-state index in [-0.39, 0.29) is 6.04 Å². The molecule has 0 spiro atoms. The Labute approximate surface area is 119 Å². The smallest absolute Gasteiger partial charge is 0.0876 e. The number of hydrogen-bond donors (Lipinski definition) is 2. The van der Waals surface area contributed by atoms with E-state index < -0.39 is 0 Å². The summed E-state index contributed by atoms with van der Waals surface area (Å²) < 4.78 is 6.39. The maximum absolute atomic E-state index is 6.13. The lowest BCUT2D eigenvalue weighted by Crippen LogP contribution is -2.30. The first kappa shape index (κ1) is 13.1. The largest absolute Gasteiger partial charge is 0.501 e. The van der Waals surface area contributed by atoms with Crippen molar-refractivity contribution in [3.8, 4) is 0 Å². The normalized spacial score (nSPS) is 17.2. The minimum Gasteiger partial charge on any atom is -0.501 e. The van der Waals surface area contributed by atoms with Crippen molar-refractivity contribution in [1.82, 2.24) is 5.43 Å². The Morgan fingerprint density at radius 3 is 2.88 bits per heavy atom. The van der Waals surface area contributed by atoms with Crippen molar-refractivity contribution in [3.05, 3.63) is 44.2 Å². The molecule has 2 rings (SSSR count). The summed E-state index contributed by atoms with van der Waals surface area (Å²) in [6.45, 7) is 0.786. The van der Waals surface area contributed by atoms with Gasteiger partial charge in [-0.25, -0.2) is 5.43 Å². The third-order valence-electron chi connectivity index (χ3n) is 2.78. The van der Waals surface area contributed by atoms with E-state index >= 15 is 0 Å². The van der Waals surface area contributed by atoms with E-state index in [1.165, 1.54) is 0 Å². The Hall–Kier alpha value is -0.300. The van der Waals surface area contributed by atoms with Crippen LogP contribution in [0, 0.1) is 3.57 Å². The van der Waals surface area contributed by atoms with E-state index in [1.54, 1.807) is 6.26 Å². The van der Waals surface area contributed by atoms with Crippen LogP contribution >= 0.6 is 34.2 Å². The fourth-order valence-electron chi connectivity index (χ4n) is 1.91. The molecule has 0 amide bonds. The van der Waals surface area contributed by atoms with Gasteiger partial charge in [0, 0.05) is 3.57 Å². The Morgan fingerprint density at radius 2 is 2.29 bits per heavy atom. The highest BCUT2D eigenvalue weighted by Gasteiger charge is 2.18. The zero-order valence-electron chi connectivity index (χ0n) is 9.25. The highest BCUT2D eigenvalue weighted by Crippen LogP contribution is 2.30. The Balaban J connectivity index is 2.28. The van der Waals surface area contributed by atoms with E-state index in [1.807, 2.05) is 18.2 Å². The van der Waals surface area contributed by atoms with E-state index in [0.29, 0.717) is 0 Å². The van der Waals surface area contributed by atoms with E-state index in [9.17, 15) is 0 Å². The predicted octanol–water partition coefficient (Wildman–Crippen LogP) is 3.14. The number of hydrogen-bond acceptors (Lipinski definition) is 3. The number of rotatable bonds is 3. The molecule has 1 atom stereocenters. The molecule has 0 aromatic heterocycles. The summed E-state index contributed by atoms with van der Waals surface area (Å²) in [5.74, 6) is 5.63. The number of ether oxygens (including phenoxy) is 1. The molecule has 3 nitrogen and oxygen atoms in total. The molecule has 1 heterocycles. The quantitative estimate of drug-likeness (QED) is 0.492. The molecule has 1 aromatic carbocycles. The minimum atomic E-state index is -0.0233. The highest BCUT2D eigenvalue weighted by atomic mass is 127. The van der Waals surface area contributed by atoms with Gasteiger partial charge >= 0.3 is 0 Å². The monoisotopic (exact) mass is 364 g/mol. The van der Waals surface area contributed by atoms with Crippen molar-refractivity contribution < 1.29 is 4.74 Å². The van der Waals surface area contributed by atoms with Crippen LogP contribution in [0.1, 0.15) is 24.4 Å². The number of hydrazine groups is 1. The average molecular weight is 365 g/mol. The third kappa shape index (κ3) is 3.13. The van der Waals surface area contributed by atoms with Gasteiger partial charge in [-0.1, -0.05) is 17.7 Å². The lowest BCUT2D eigenvalue weighted by Gasteiger charge is -2.23. The van der Waals surface area contributed by atoms with Crippen LogP contribution < -0.4 is 11.3 Å². The topological polar surface area (TPSA) is 47.3 Å². The second-order valence-electron chi connectivity index (χ2n) is 3.94. The number of nitrogens with two attached hydrogens (primary N) is 1. The fraction of sp³-hybridized carbons (Fsp3) is 0.333. The molecule has 17 heavy (non-hydrogen) atoms. The van der Waals surface area contributed by atoms with E-state index in [4.69, 9.17) is 22.2 Å². The number of benzene rings is 1. The number of nitrogens with one attached hydrogen (secondary N) is 1. The van der Waals surface area contributed by atoms with Gasteiger partial charge in [-0.3, -0.25) is 5.84 Å². The van der Waals surface area contributed by atoms with E-state index in [0.717, 1.165) is 39.2 Å². The van der Waals surface area contributed by atoms with Crippen LogP contribution in [0.2, 0.25) is 5.02 Å². The van der Waals surface area contributed by atoms with Crippen molar-refractivity contribution in [3.63, 3.8) is 0 Å². The van der Waals surface area contributed by atoms with Gasteiger partial charge in [0.2, 0.25) is 0 Å². The first-order valence-corrected chi connectivity index (χ1v) is 6.89. The fourth-order valence-corrected chi connectivity index (χ4v) is 2.43. The van der Waals surface area contributed by atoms with Crippen LogP contribution in [-0.4, -0.2) is 6.61 Å². The molecule has 0 fully saturated rings. The minimum absolute atomic E-state index is 0.0233. The summed E-state index contributed by atoms with van der Waals surface area (Å²) in [4.78, 5) is 0. The van der Waals surface area contributed by atoms with Gasteiger partial charge in [-0.15, -0.1) is 0 Å². The molecule has 0 radical (unpaired) electrons. The molecule has 3 N–H and O–H groups in total. The van der Waals surface area contributed by atoms with Crippen LogP contribution in [0.4, 0.5) is 0 Å². The highest BCUT2D eigenvalue weighted by molar-refractivity contribution is 14.1. The molecular weight excluding hydrogens is 351 g/mol. The molecule has 1 aromatic rings. The standard InChI is InChI=1S/C12H14ClIN2O/c13-10-6-8(3-4-11(10)14)12(16-15)9-2-1-5-17-7-9/h3-4,6-7,12,16H,1-2,5,15H2. The Kier molecular flexibility index (Phi) is 4.67. The van der Waals surface area contributed by atoms with Crippen molar-refractivity contribution in [1.29, 1.82) is 0 Å². The second-order valence-corrected chi connectivity index (χ2v) is 5.51. The molecule has 1 aliphatic rings. The Bertz CT molecular complexity index is 437. The zero-order valence-corrected chi connectivity index (χ0v) is 12.2. The lowest BCUT2D eigenvalue weighted by atomic mass is 9.96. The SMILES string of the molecule is NNC(C1=COCCC1)c1ccc(I)c(Cl)c1. The van der Waals surface area contributed by atoms with Crippen molar-refractivity contribution >= 4 is 34.2 Å². The maximum Gasteiger partial charge on any atom is 0.0876 e. The van der Waals surface area contributed by atoms with Crippen molar-refractivity contribution in [2.45, 2.75) is 18.9 Å². The summed E-state index contributed by atoms with van der Waals surface area (Å²) in [7, 11) is 0. The van der Waals surface area contributed by atoms with Gasteiger partial charge in [0.15, 0.2) is 0 Å². The molecule has 0 saturated carbocycles. The predicted molar refractivity (Wildman–Crippen MR) is 77.5 cm³/mol. The summed E-state index contributed by atoms with van der Waals surface area (Å²) >= 11 is 8.34. The van der Waals surface area contributed by atoms with Crippen LogP contribution in [0.5, 0.6) is 0 Å². The first-order valence-electron chi connectivity index (χ1n) is 5.44. The molecule has 0 bridgehead atoms. The summed E-state index contributed by atoms with van der Waals surface area (Å²) in [6, 6.07) is 5.95. The van der Waals surface area contributed by atoms with Gasteiger partial charge in [-0.2, -0.15) is 0 Å². The van der Waals surface area contributed by atoms with E-state index in [2.05, 4.69) is 28.0 Å². The van der Waals surface area contributed by atoms with Crippen LogP contribution in [0.15, 0.2) is 30.0 Å². The van der Waals surface area contributed by atoms with Crippen LogP contribution in [0.25, 0.3) is 0 Å². The zero-order chi connectivity index (χ0) is 12.3. The molecule has 5 heteroatoms. The summed E-state index contributed by atoms with van der Waals surface area (Å²) in [6.07, 6.45) is 3.83. The molecule has 1 unspecified atom stereocenters. The maximum atomic E-state index is 6.13. The molecule has 0 saturated heterocycles. The first-order chi connectivity index (χ1) is 8.22. The van der Waals surface area contributed by atoms with Crippen LogP contribution in [-0.2, 0) is 4.74 Å². The van der Waals surface area contributed by atoms with Gasteiger partial charge in [0.05, 0.1) is 23.9 Å². The number of halogens is 2. The molecule has 0 aliphatic carbocycles. The van der Waals surface area contributed by atoms with Gasteiger partial charge in [0.1, 0.15) is 0 Å². The van der Waals surface area contributed by atoms with Crippen LogP contribution in [0.3, 0.4) is 0 Å². The second kappa shape index (κ2) is 6.04. The molecule has 92 valence electrons. The van der Waals surface area contributed by atoms with Gasteiger partial charge in [0.25, 0.3) is 0 Å². The summed E-state index contributed by atoms with van der Waals surface area (Å²) in [5, 5.41) is 0.751.